The quantitative estimate of drug-likeness (QED) is 0.0894. The van der Waals surface area contributed by atoms with Crippen LogP contribution in [0, 0.1) is 18.3 Å². The van der Waals surface area contributed by atoms with E-state index in [1.165, 1.54) is 23.1 Å². The van der Waals surface area contributed by atoms with Gasteiger partial charge in [0.15, 0.2) is 0 Å². The lowest BCUT2D eigenvalue weighted by atomic mass is 10.0. The summed E-state index contributed by atoms with van der Waals surface area (Å²) in [4.78, 5) is 40.8. The molecule has 0 aliphatic carbocycles. The summed E-state index contributed by atoms with van der Waals surface area (Å²) in [6.07, 6.45) is 2.11. The lowest BCUT2D eigenvalue weighted by Crippen LogP contribution is -2.30. The van der Waals surface area contributed by atoms with E-state index in [0.29, 0.717) is 39.5 Å². The maximum Gasteiger partial charge on any atom is 0.272 e. The van der Waals surface area contributed by atoms with E-state index < -0.39 is 17.1 Å². The first-order valence-corrected chi connectivity index (χ1v) is 17.2. The van der Waals surface area contributed by atoms with Crippen molar-refractivity contribution >= 4 is 57.6 Å². The molecule has 8 nitrogen and oxygen atoms in total. The minimum absolute atomic E-state index is 0.0419. The molecule has 1 heterocycles. The number of hydrogen-bond acceptors (Lipinski definition) is 7. The number of ether oxygens (including phenoxy) is 1. The first-order valence-electron chi connectivity index (χ1n) is 15.5. The summed E-state index contributed by atoms with van der Waals surface area (Å²) < 4.78 is 5.32. The van der Waals surface area contributed by atoms with Gasteiger partial charge in [0.1, 0.15) is 22.5 Å². The van der Waals surface area contributed by atoms with Gasteiger partial charge in [0.25, 0.3) is 11.8 Å². The summed E-state index contributed by atoms with van der Waals surface area (Å²) in [6, 6.07) is 33.1. The smallest absolute Gasteiger partial charge is 0.272 e. The van der Waals surface area contributed by atoms with E-state index in [1.54, 1.807) is 79.9 Å². The zero-order chi connectivity index (χ0) is 34.8. The first-order chi connectivity index (χ1) is 23.8. The number of rotatable bonds is 12. The molecule has 0 fully saturated rings. The average molecular weight is 687 g/mol. The molecule has 0 radical (unpaired) electrons. The van der Waals surface area contributed by atoms with Crippen molar-refractivity contribution in [2.45, 2.75) is 30.4 Å². The van der Waals surface area contributed by atoms with E-state index in [2.05, 4.69) is 22.0 Å². The lowest BCUT2D eigenvalue weighted by molar-refractivity contribution is -0.116. The van der Waals surface area contributed by atoms with Crippen molar-refractivity contribution < 1.29 is 19.1 Å². The van der Waals surface area contributed by atoms with Crippen molar-refractivity contribution in [3.63, 3.8) is 0 Å². The number of amides is 3. The summed E-state index contributed by atoms with van der Waals surface area (Å²) in [5.41, 5.74) is 4.86. The number of anilines is 2. The Morgan fingerprint density at radius 3 is 2.41 bits per heavy atom. The molecule has 0 saturated carbocycles. The number of methoxy groups -OCH3 is 1. The molecular weight excluding hydrogens is 653 g/mol. The van der Waals surface area contributed by atoms with Crippen LogP contribution >= 0.6 is 23.1 Å². The Morgan fingerprint density at radius 1 is 0.939 bits per heavy atom. The molecule has 1 unspecified atom stereocenters. The van der Waals surface area contributed by atoms with Crippen molar-refractivity contribution in [3.05, 3.63) is 136 Å². The molecule has 5 aromatic rings. The molecule has 3 N–H and O–H groups in total. The van der Waals surface area contributed by atoms with Crippen LogP contribution in [0.2, 0.25) is 0 Å². The second kappa shape index (κ2) is 16.5. The molecule has 0 saturated heterocycles. The fraction of sp³-hybridized carbons (Fsp3) is 0.128. The Bertz CT molecular complexity index is 2030. The Labute approximate surface area is 293 Å². The van der Waals surface area contributed by atoms with Crippen LogP contribution in [-0.2, 0) is 9.59 Å². The zero-order valence-corrected chi connectivity index (χ0v) is 28.8. The van der Waals surface area contributed by atoms with Crippen LogP contribution in [0.25, 0.3) is 17.2 Å². The van der Waals surface area contributed by atoms with Gasteiger partial charge in [0.05, 0.1) is 17.9 Å². The number of aryl methyl sites for hydroxylation is 1. The van der Waals surface area contributed by atoms with Crippen LogP contribution < -0.4 is 20.7 Å². The Balaban J connectivity index is 1.31. The largest absolute Gasteiger partial charge is 0.497 e. The molecular formula is C39H34N4O4S2. The second-order valence-corrected chi connectivity index (χ2v) is 13.1. The van der Waals surface area contributed by atoms with Crippen molar-refractivity contribution in [2.24, 2.45) is 0 Å². The van der Waals surface area contributed by atoms with Gasteiger partial charge in [-0.3, -0.25) is 14.4 Å². The highest BCUT2D eigenvalue weighted by Crippen LogP contribution is 2.36. The van der Waals surface area contributed by atoms with E-state index in [4.69, 9.17) is 4.74 Å². The molecule has 5 rings (SSSR count). The van der Waals surface area contributed by atoms with E-state index >= 15 is 0 Å². The van der Waals surface area contributed by atoms with Crippen molar-refractivity contribution in [3.8, 4) is 22.9 Å². The van der Waals surface area contributed by atoms with E-state index in [0.717, 1.165) is 21.6 Å². The van der Waals surface area contributed by atoms with Gasteiger partial charge < -0.3 is 20.7 Å². The fourth-order valence-electron chi connectivity index (χ4n) is 4.87. The molecule has 3 amide bonds. The normalized spacial score (nSPS) is 11.6. The van der Waals surface area contributed by atoms with Crippen LogP contribution in [0.1, 0.15) is 40.4 Å². The van der Waals surface area contributed by atoms with Gasteiger partial charge in [-0.1, -0.05) is 73.2 Å². The monoisotopic (exact) mass is 686 g/mol. The summed E-state index contributed by atoms with van der Waals surface area (Å²) in [5, 5.41) is 20.5. The number of benzene rings is 4. The summed E-state index contributed by atoms with van der Waals surface area (Å²) in [6.45, 7) is 3.93. The standard InChI is InChI=1S/C39H34N4O4S2/c1-4-35(38(46)43-39-32(23-40)33(24-48-39)27-18-16-25(2)17-19-27)49-31-15-9-13-29(22-31)41-37(45)34(21-26-10-8-14-30(20-26)47-3)42-36(44)28-11-6-5-7-12-28/h5-22,24,35H,4H2,1-3H3,(H,41,45)(H,42,44)(H,43,46)/b34-21-. The molecule has 1 aromatic heterocycles. The molecule has 0 aliphatic rings. The van der Waals surface area contributed by atoms with Crippen LogP contribution in [0.4, 0.5) is 10.7 Å². The topological polar surface area (TPSA) is 120 Å². The number of carbonyl (C=O) groups excluding carboxylic acids is 3. The average Bonchev–Trinajstić information content (AvgIpc) is 3.53. The number of nitriles is 1. The number of hydrogen-bond donors (Lipinski definition) is 3. The highest BCUT2D eigenvalue weighted by molar-refractivity contribution is 8.00. The van der Waals surface area contributed by atoms with Gasteiger partial charge in [-0.05, 0) is 73.0 Å². The molecule has 10 heteroatoms. The maximum atomic E-state index is 13.6. The van der Waals surface area contributed by atoms with Crippen LogP contribution in [0.3, 0.4) is 0 Å². The maximum absolute atomic E-state index is 13.6. The van der Waals surface area contributed by atoms with Gasteiger partial charge in [0, 0.05) is 27.1 Å². The van der Waals surface area contributed by atoms with Crippen molar-refractivity contribution in [1.29, 1.82) is 5.26 Å². The highest BCUT2D eigenvalue weighted by Gasteiger charge is 2.22. The molecule has 49 heavy (non-hydrogen) atoms. The molecule has 246 valence electrons. The van der Waals surface area contributed by atoms with E-state index in [-0.39, 0.29) is 11.6 Å². The predicted octanol–water partition coefficient (Wildman–Crippen LogP) is 8.52. The molecule has 4 aromatic carbocycles. The summed E-state index contributed by atoms with van der Waals surface area (Å²) in [7, 11) is 1.56. The minimum atomic E-state index is -0.523. The number of nitrogens with zero attached hydrogens (tertiary/aromatic N) is 1. The SMILES string of the molecule is CCC(Sc1cccc(NC(=O)/C(=C/c2cccc(OC)c2)NC(=O)c2ccccc2)c1)C(=O)Nc1scc(-c2ccc(C)cc2)c1C#N. The number of thiophene rings is 1. The third-order valence-corrected chi connectivity index (χ3v) is 9.72. The van der Waals surface area contributed by atoms with Crippen molar-refractivity contribution in [2.75, 3.05) is 17.7 Å². The number of nitrogens with one attached hydrogen (secondary N) is 3. The highest BCUT2D eigenvalue weighted by atomic mass is 32.2. The van der Waals surface area contributed by atoms with Crippen LogP contribution in [-0.4, -0.2) is 30.1 Å². The van der Waals surface area contributed by atoms with Crippen LogP contribution in [0.15, 0.2) is 119 Å². The van der Waals surface area contributed by atoms with Crippen molar-refractivity contribution in [1.82, 2.24) is 5.32 Å². The van der Waals surface area contributed by atoms with Gasteiger partial charge in [-0.25, -0.2) is 0 Å². The van der Waals surface area contributed by atoms with Gasteiger partial charge in [-0.2, -0.15) is 5.26 Å². The van der Waals surface area contributed by atoms with E-state index in [1.807, 2.05) is 55.6 Å². The molecule has 1 atom stereocenters. The molecule has 0 bridgehead atoms. The van der Waals surface area contributed by atoms with Crippen LogP contribution in [0.5, 0.6) is 5.75 Å². The predicted molar refractivity (Wildman–Crippen MR) is 198 cm³/mol. The first kappa shape index (κ1) is 34.7. The third kappa shape index (κ3) is 9.05. The van der Waals surface area contributed by atoms with Gasteiger partial charge >= 0.3 is 0 Å². The molecule has 0 aliphatic heterocycles. The lowest BCUT2D eigenvalue weighted by Gasteiger charge is -2.16. The fourth-order valence-corrected chi connectivity index (χ4v) is 6.81. The number of carbonyl (C=O) groups is 3. The summed E-state index contributed by atoms with van der Waals surface area (Å²) in [5.74, 6) is -0.563. The zero-order valence-electron chi connectivity index (χ0n) is 27.2. The van der Waals surface area contributed by atoms with E-state index in [9.17, 15) is 19.6 Å². The second-order valence-electron chi connectivity index (χ2n) is 11.0. The Morgan fingerprint density at radius 2 is 1.69 bits per heavy atom. The Kier molecular flexibility index (Phi) is 11.7. The molecule has 0 spiro atoms. The Hall–Kier alpha value is -5.63. The van der Waals surface area contributed by atoms with Gasteiger partial charge in [-0.15, -0.1) is 23.1 Å². The summed E-state index contributed by atoms with van der Waals surface area (Å²) >= 11 is 2.68. The number of thioether (sulfide) groups is 1. The third-order valence-electron chi connectivity index (χ3n) is 7.47. The van der Waals surface area contributed by atoms with Gasteiger partial charge in [0.2, 0.25) is 5.91 Å². The minimum Gasteiger partial charge on any atom is -0.497 e.